The SMILES string of the molecule is CC(C)(C)OC(=O)N1C2CC1CN(c1nc3c(Oc4ccc(C(F)(F)F)cn4)ccc(-c4nccs4)c3o1)C2. The summed E-state index contributed by atoms with van der Waals surface area (Å²) in [6, 6.07) is 5.81. The van der Waals surface area contributed by atoms with Crippen LogP contribution in [0.15, 0.2) is 46.5 Å². The molecule has 7 rings (SSSR count). The summed E-state index contributed by atoms with van der Waals surface area (Å²) in [7, 11) is 0. The zero-order valence-corrected chi connectivity index (χ0v) is 22.0. The van der Waals surface area contributed by atoms with Gasteiger partial charge in [0.05, 0.1) is 23.2 Å². The number of alkyl halides is 3. The number of nitrogens with zero attached hydrogens (tertiary/aromatic N) is 5. The number of pyridine rings is 1. The number of halogens is 3. The molecule has 0 aliphatic carbocycles. The highest BCUT2D eigenvalue weighted by molar-refractivity contribution is 7.13. The van der Waals surface area contributed by atoms with Gasteiger partial charge in [-0.2, -0.15) is 18.2 Å². The average molecular weight is 560 g/mol. The largest absolute Gasteiger partial charge is 0.444 e. The number of ether oxygens (including phenoxy) is 2. The lowest BCUT2D eigenvalue weighted by molar-refractivity contribution is -0.137. The Morgan fingerprint density at radius 1 is 1.10 bits per heavy atom. The Hall–Kier alpha value is -3.87. The second-order valence-electron chi connectivity index (χ2n) is 10.4. The number of hydrogen-bond donors (Lipinski definition) is 0. The van der Waals surface area contributed by atoms with Crippen LogP contribution < -0.4 is 9.64 Å². The van der Waals surface area contributed by atoms with Crippen LogP contribution in [0.3, 0.4) is 0 Å². The number of carbonyl (C=O) groups is 1. The minimum Gasteiger partial charge on any atom is -0.444 e. The standard InChI is InChI=1S/C26H24F3N5O4S/c1-25(2,3)38-24(35)34-15-10-16(34)13-33(12-15)23-32-20-18(36-19-7-4-14(11-31-19)26(27,28)29)6-5-17(21(20)37-23)22-30-8-9-39-22/h4-9,11,15-16H,10,12-13H2,1-3H3. The number of carbonyl (C=O) groups excluding carboxylic acids is 1. The molecule has 0 saturated carbocycles. The summed E-state index contributed by atoms with van der Waals surface area (Å²) in [6.07, 6.45) is -1.55. The third kappa shape index (κ3) is 4.86. The van der Waals surface area contributed by atoms with Gasteiger partial charge in [-0.1, -0.05) is 0 Å². The molecule has 2 unspecified atom stereocenters. The third-order valence-corrected chi connectivity index (χ3v) is 7.31. The Balaban J connectivity index is 1.30. The van der Waals surface area contributed by atoms with Crippen molar-refractivity contribution in [3.05, 3.63) is 47.6 Å². The predicted octanol–water partition coefficient (Wildman–Crippen LogP) is 6.36. The first kappa shape index (κ1) is 25.4. The van der Waals surface area contributed by atoms with E-state index in [1.165, 1.54) is 11.3 Å². The molecule has 13 heteroatoms. The lowest BCUT2D eigenvalue weighted by atomic mass is 9.88. The van der Waals surface area contributed by atoms with Crippen LogP contribution >= 0.6 is 11.3 Å². The fourth-order valence-corrected chi connectivity index (χ4v) is 5.47. The van der Waals surface area contributed by atoms with Crippen molar-refractivity contribution in [3.63, 3.8) is 0 Å². The van der Waals surface area contributed by atoms with Crippen LogP contribution in [0.5, 0.6) is 11.6 Å². The van der Waals surface area contributed by atoms with E-state index in [4.69, 9.17) is 18.9 Å². The monoisotopic (exact) mass is 559 g/mol. The number of anilines is 1. The number of oxazole rings is 1. The summed E-state index contributed by atoms with van der Waals surface area (Å²) in [6.45, 7) is 6.55. The molecular weight excluding hydrogens is 535 g/mol. The van der Waals surface area contributed by atoms with E-state index in [2.05, 4.69) is 9.97 Å². The minimum atomic E-state index is -4.50. The molecule has 9 nitrogen and oxygen atoms in total. The molecule has 3 aliphatic heterocycles. The fourth-order valence-electron chi connectivity index (χ4n) is 4.81. The van der Waals surface area contributed by atoms with Crippen LogP contribution in [0, 0.1) is 0 Å². The van der Waals surface area contributed by atoms with Gasteiger partial charge in [0, 0.05) is 36.9 Å². The Morgan fingerprint density at radius 2 is 1.87 bits per heavy atom. The van der Waals surface area contributed by atoms with Gasteiger partial charge in [-0.3, -0.25) is 4.90 Å². The molecule has 0 N–H and O–H groups in total. The maximum atomic E-state index is 12.9. The quantitative estimate of drug-likeness (QED) is 0.285. The van der Waals surface area contributed by atoms with Gasteiger partial charge in [0.25, 0.3) is 6.01 Å². The molecule has 6 heterocycles. The van der Waals surface area contributed by atoms with E-state index in [-0.39, 0.29) is 29.8 Å². The smallest absolute Gasteiger partial charge is 0.417 e. The zero-order valence-electron chi connectivity index (χ0n) is 21.2. The summed E-state index contributed by atoms with van der Waals surface area (Å²) in [5, 5.41) is 2.57. The highest BCUT2D eigenvalue weighted by atomic mass is 32.1. The van der Waals surface area contributed by atoms with Gasteiger partial charge < -0.3 is 18.8 Å². The summed E-state index contributed by atoms with van der Waals surface area (Å²) in [5.74, 6) is 0.271. The number of benzene rings is 1. The second-order valence-corrected chi connectivity index (χ2v) is 11.3. The van der Waals surface area contributed by atoms with E-state index in [1.54, 1.807) is 23.2 Å². The van der Waals surface area contributed by atoms with Crippen molar-refractivity contribution in [2.24, 2.45) is 0 Å². The van der Waals surface area contributed by atoms with Gasteiger partial charge in [0.1, 0.15) is 10.6 Å². The third-order valence-electron chi connectivity index (χ3n) is 6.50. The van der Waals surface area contributed by atoms with Gasteiger partial charge in [-0.25, -0.2) is 14.8 Å². The van der Waals surface area contributed by atoms with Crippen LogP contribution in [0.1, 0.15) is 32.8 Å². The summed E-state index contributed by atoms with van der Waals surface area (Å²) in [4.78, 5) is 29.3. The first-order chi connectivity index (χ1) is 18.5. The van der Waals surface area contributed by atoms with Crippen LogP contribution in [0.25, 0.3) is 21.7 Å². The number of rotatable bonds is 4. The van der Waals surface area contributed by atoms with E-state index < -0.39 is 17.3 Å². The molecule has 3 aromatic heterocycles. The molecule has 1 aromatic carbocycles. The van der Waals surface area contributed by atoms with Crippen molar-refractivity contribution in [2.75, 3.05) is 18.0 Å². The predicted molar refractivity (Wildman–Crippen MR) is 137 cm³/mol. The Morgan fingerprint density at radius 3 is 2.49 bits per heavy atom. The van der Waals surface area contributed by atoms with Crippen molar-refractivity contribution in [2.45, 2.75) is 51.1 Å². The van der Waals surface area contributed by atoms with E-state index in [1.807, 2.05) is 31.1 Å². The normalized spacial score (nSPS) is 19.2. The molecule has 39 heavy (non-hydrogen) atoms. The highest BCUT2D eigenvalue weighted by Gasteiger charge is 2.49. The zero-order chi connectivity index (χ0) is 27.5. The second kappa shape index (κ2) is 9.11. The van der Waals surface area contributed by atoms with E-state index in [0.29, 0.717) is 35.8 Å². The molecule has 2 atom stereocenters. The Labute approximate surface area is 225 Å². The van der Waals surface area contributed by atoms with E-state index >= 15 is 0 Å². The number of aromatic nitrogens is 3. The van der Waals surface area contributed by atoms with Crippen LogP contribution in [-0.2, 0) is 10.9 Å². The number of thiazole rings is 1. The highest BCUT2D eigenvalue weighted by Crippen LogP contribution is 2.41. The summed E-state index contributed by atoms with van der Waals surface area (Å²) < 4.78 is 56.5. The maximum Gasteiger partial charge on any atom is 0.417 e. The van der Waals surface area contributed by atoms with Crippen LogP contribution in [0.2, 0.25) is 0 Å². The number of piperidine rings is 1. The molecule has 1 amide bonds. The van der Waals surface area contributed by atoms with E-state index in [0.717, 1.165) is 29.8 Å². The first-order valence-corrected chi connectivity index (χ1v) is 13.1. The van der Waals surface area contributed by atoms with Gasteiger partial charge in [0.2, 0.25) is 5.88 Å². The average Bonchev–Trinajstić information content (AvgIpc) is 3.54. The van der Waals surface area contributed by atoms with Crippen LogP contribution in [-0.4, -0.2) is 56.7 Å². The number of amides is 1. The molecular formula is C26H24F3N5O4S. The molecule has 3 saturated heterocycles. The van der Waals surface area contributed by atoms with Crippen molar-refractivity contribution in [3.8, 4) is 22.2 Å². The van der Waals surface area contributed by atoms with Gasteiger partial charge in [-0.15, -0.1) is 11.3 Å². The van der Waals surface area contributed by atoms with Crippen molar-refractivity contribution >= 4 is 34.5 Å². The number of fused-ring (bicyclic) bond motifs is 3. The lowest BCUT2D eigenvalue weighted by Crippen LogP contribution is -2.70. The van der Waals surface area contributed by atoms with E-state index in [9.17, 15) is 18.0 Å². The Bertz CT molecular complexity index is 1500. The molecule has 3 fully saturated rings. The number of piperazine rings is 1. The molecule has 2 bridgehead atoms. The van der Waals surface area contributed by atoms with Gasteiger partial charge in [-0.05, 0) is 45.4 Å². The van der Waals surface area contributed by atoms with Gasteiger partial charge in [0.15, 0.2) is 16.8 Å². The maximum absolute atomic E-state index is 12.9. The molecule has 0 radical (unpaired) electrons. The fraction of sp³-hybridized carbons (Fsp3) is 0.385. The lowest BCUT2D eigenvalue weighted by Gasteiger charge is -2.55. The first-order valence-electron chi connectivity index (χ1n) is 12.3. The molecule has 204 valence electrons. The summed E-state index contributed by atoms with van der Waals surface area (Å²) in [5.41, 5.74) is 0.0945. The summed E-state index contributed by atoms with van der Waals surface area (Å²) >= 11 is 1.43. The van der Waals surface area contributed by atoms with Crippen molar-refractivity contribution in [1.29, 1.82) is 0 Å². The Kier molecular flexibility index (Phi) is 5.93. The van der Waals surface area contributed by atoms with Crippen LogP contribution in [0.4, 0.5) is 24.0 Å². The van der Waals surface area contributed by atoms with Gasteiger partial charge >= 0.3 is 12.3 Å². The minimum absolute atomic E-state index is 0.0110. The topological polar surface area (TPSA) is 93.8 Å². The van der Waals surface area contributed by atoms with Crippen molar-refractivity contribution in [1.82, 2.24) is 19.9 Å². The number of hydrogen-bond acceptors (Lipinski definition) is 9. The molecule has 4 aromatic rings. The molecule has 0 spiro atoms. The van der Waals surface area contributed by atoms with Crippen molar-refractivity contribution < 1.29 is 31.9 Å². The molecule has 3 aliphatic rings.